The molecule has 28 heavy (non-hydrogen) atoms. The molecule has 1 aliphatic rings. The van der Waals surface area contributed by atoms with Gasteiger partial charge in [-0.3, -0.25) is 9.59 Å². The molecule has 0 bridgehead atoms. The molecule has 0 aromatic heterocycles. The van der Waals surface area contributed by atoms with Crippen molar-refractivity contribution in [1.82, 2.24) is 10.2 Å². The summed E-state index contributed by atoms with van der Waals surface area (Å²) < 4.78 is 12.9. The minimum atomic E-state index is -0.276. The maximum atomic E-state index is 12.9. The number of aryl methyl sites for hydroxylation is 1. The molecule has 2 aromatic rings. The van der Waals surface area contributed by atoms with Crippen molar-refractivity contribution in [3.8, 4) is 0 Å². The second-order valence-corrected chi connectivity index (χ2v) is 7.54. The van der Waals surface area contributed by atoms with Crippen molar-refractivity contribution in [1.29, 1.82) is 0 Å². The summed E-state index contributed by atoms with van der Waals surface area (Å²) in [5.41, 5.74) is 2.77. The zero-order valence-electron chi connectivity index (χ0n) is 16.3. The third-order valence-corrected chi connectivity index (χ3v) is 5.38. The normalized spacial score (nSPS) is 14.7. The first kappa shape index (κ1) is 20.1. The number of hydrogen-bond acceptors (Lipinski definition) is 2. The van der Waals surface area contributed by atoms with Crippen LogP contribution in [0.2, 0.25) is 0 Å². The molecule has 4 nitrogen and oxygen atoms in total. The third kappa shape index (κ3) is 5.65. The molecule has 1 aliphatic heterocycles. The average molecular weight is 382 g/mol. The van der Waals surface area contributed by atoms with Gasteiger partial charge in [-0.05, 0) is 61.9 Å². The van der Waals surface area contributed by atoms with E-state index in [0.29, 0.717) is 18.9 Å². The van der Waals surface area contributed by atoms with Gasteiger partial charge in [0.2, 0.25) is 5.91 Å². The van der Waals surface area contributed by atoms with E-state index >= 15 is 0 Å². The van der Waals surface area contributed by atoms with Gasteiger partial charge >= 0.3 is 0 Å². The lowest BCUT2D eigenvalue weighted by Gasteiger charge is -2.32. The monoisotopic (exact) mass is 382 g/mol. The number of nitrogens with one attached hydrogen (secondary N) is 1. The molecule has 2 aromatic carbocycles. The first-order chi connectivity index (χ1) is 13.5. The first-order valence-corrected chi connectivity index (χ1v) is 9.88. The number of hydrogen-bond donors (Lipinski definition) is 1. The Labute approximate surface area is 165 Å². The Morgan fingerprint density at radius 2 is 1.68 bits per heavy atom. The van der Waals surface area contributed by atoms with Crippen LogP contribution in [0.1, 0.15) is 47.2 Å². The summed E-state index contributed by atoms with van der Waals surface area (Å²) >= 11 is 0. The highest BCUT2D eigenvalue weighted by Crippen LogP contribution is 2.23. The second-order valence-electron chi connectivity index (χ2n) is 7.54. The molecule has 0 radical (unpaired) electrons. The van der Waals surface area contributed by atoms with Gasteiger partial charge < -0.3 is 10.2 Å². The van der Waals surface area contributed by atoms with Crippen LogP contribution in [0.4, 0.5) is 4.39 Å². The Hall–Kier alpha value is -2.69. The summed E-state index contributed by atoms with van der Waals surface area (Å²) in [7, 11) is 0. The fourth-order valence-electron chi connectivity index (χ4n) is 3.53. The number of amides is 2. The molecule has 1 saturated heterocycles. The van der Waals surface area contributed by atoms with E-state index in [-0.39, 0.29) is 17.6 Å². The Morgan fingerprint density at radius 3 is 2.32 bits per heavy atom. The van der Waals surface area contributed by atoms with Crippen LogP contribution >= 0.6 is 0 Å². The van der Waals surface area contributed by atoms with Crippen molar-refractivity contribution in [2.45, 2.75) is 39.2 Å². The van der Waals surface area contributed by atoms with Crippen LogP contribution in [-0.4, -0.2) is 29.8 Å². The van der Waals surface area contributed by atoms with Gasteiger partial charge in [0.25, 0.3) is 5.91 Å². The lowest BCUT2D eigenvalue weighted by atomic mass is 9.91. The van der Waals surface area contributed by atoms with Gasteiger partial charge in [0, 0.05) is 31.6 Å². The molecule has 5 heteroatoms. The number of likely N-dealkylation sites (tertiary alicyclic amines) is 1. The van der Waals surface area contributed by atoms with E-state index in [1.54, 1.807) is 12.1 Å². The molecule has 0 aliphatic carbocycles. The van der Waals surface area contributed by atoms with Gasteiger partial charge in [-0.2, -0.15) is 0 Å². The number of carbonyl (C=O) groups excluding carboxylic acids is 2. The van der Waals surface area contributed by atoms with Crippen LogP contribution in [0.15, 0.2) is 48.5 Å². The average Bonchev–Trinajstić information content (AvgIpc) is 2.72. The van der Waals surface area contributed by atoms with Crippen LogP contribution in [0.25, 0.3) is 0 Å². The Kier molecular flexibility index (Phi) is 6.80. The van der Waals surface area contributed by atoms with Gasteiger partial charge in [-0.25, -0.2) is 4.39 Å². The molecule has 1 fully saturated rings. The zero-order valence-corrected chi connectivity index (χ0v) is 16.3. The van der Waals surface area contributed by atoms with Gasteiger partial charge in [0.1, 0.15) is 5.82 Å². The van der Waals surface area contributed by atoms with Crippen LogP contribution < -0.4 is 5.32 Å². The maximum absolute atomic E-state index is 12.9. The molecule has 0 spiro atoms. The van der Waals surface area contributed by atoms with Crippen molar-refractivity contribution in [3.63, 3.8) is 0 Å². The molecule has 1 N–H and O–H groups in total. The van der Waals surface area contributed by atoms with E-state index in [9.17, 15) is 14.0 Å². The smallest absolute Gasteiger partial charge is 0.253 e. The molecule has 148 valence electrons. The zero-order chi connectivity index (χ0) is 19.9. The fourth-order valence-corrected chi connectivity index (χ4v) is 3.53. The first-order valence-electron chi connectivity index (χ1n) is 9.88. The highest BCUT2D eigenvalue weighted by molar-refractivity contribution is 5.94. The molecule has 3 rings (SSSR count). The summed E-state index contributed by atoms with van der Waals surface area (Å²) in [6.45, 7) is 3.92. The number of halogens is 1. The quantitative estimate of drug-likeness (QED) is 0.818. The summed E-state index contributed by atoms with van der Waals surface area (Å²) in [6, 6.07) is 13.8. The van der Waals surface area contributed by atoms with Crippen LogP contribution in [0, 0.1) is 18.7 Å². The van der Waals surface area contributed by atoms with Crippen LogP contribution in [0.3, 0.4) is 0 Å². The lowest BCUT2D eigenvalue weighted by molar-refractivity contribution is -0.121. The van der Waals surface area contributed by atoms with E-state index in [0.717, 1.165) is 49.0 Å². The molecule has 0 atom stereocenters. The van der Waals surface area contributed by atoms with E-state index in [1.807, 2.05) is 36.1 Å². The number of carbonyl (C=O) groups is 2. The number of nitrogens with zero attached hydrogens (tertiary/aromatic N) is 1. The standard InChI is InChI=1S/C23H27FN2O2/c1-17-2-7-20(8-3-17)23(28)26-14-12-18(13-15-26)6-11-22(27)25-16-19-4-9-21(24)10-5-19/h2-5,7-10,18H,6,11-16H2,1H3,(H,25,27). The summed E-state index contributed by atoms with van der Waals surface area (Å²) in [4.78, 5) is 26.5. The maximum Gasteiger partial charge on any atom is 0.253 e. The lowest BCUT2D eigenvalue weighted by Crippen LogP contribution is -2.38. The van der Waals surface area contributed by atoms with Gasteiger partial charge in [0.15, 0.2) is 0 Å². The largest absolute Gasteiger partial charge is 0.352 e. The van der Waals surface area contributed by atoms with E-state index in [2.05, 4.69) is 5.32 Å². The summed E-state index contributed by atoms with van der Waals surface area (Å²) in [6.07, 6.45) is 3.19. The van der Waals surface area contributed by atoms with Gasteiger partial charge in [-0.1, -0.05) is 29.8 Å². The van der Waals surface area contributed by atoms with Crippen LogP contribution in [-0.2, 0) is 11.3 Å². The van der Waals surface area contributed by atoms with E-state index < -0.39 is 0 Å². The molecule has 2 amide bonds. The van der Waals surface area contributed by atoms with Crippen LogP contribution in [0.5, 0.6) is 0 Å². The molecule has 1 heterocycles. The highest BCUT2D eigenvalue weighted by Gasteiger charge is 2.23. The predicted molar refractivity (Wildman–Crippen MR) is 107 cm³/mol. The molecular formula is C23H27FN2O2. The fraction of sp³-hybridized carbons (Fsp3) is 0.391. The number of benzene rings is 2. The van der Waals surface area contributed by atoms with Gasteiger partial charge in [0.05, 0.1) is 0 Å². The Bertz CT molecular complexity index is 794. The van der Waals surface area contributed by atoms with Crippen molar-refractivity contribution < 1.29 is 14.0 Å². The van der Waals surface area contributed by atoms with E-state index in [1.165, 1.54) is 12.1 Å². The topological polar surface area (TPSA) is 49.4 Å². The number of piperidine rings is 1. The summed E-state index contributed by atoms with van der Waals surface area (Å²) in [5, 5.41) is 2.89. The Balaban J connectivity index is 1.37. The van der Waals surface area contributed by atoms with Crippen molar-refractivity contribution in [3.05, 3.63) is 71.0 Å². The third-order valence-electron chi connectivity index (χ3n) is 5.38. The van der Waals surface area contributed by atoms with Crippen molar-refractivity contribution in [2.75, 3.05) is 13.1 Å². The second kappa shape index (κ2) is 9.49. The molecule has 0 saturated carbocycles. The van der Waals surface area contributed by atoms with Gasteiger partial charge in [-0.15, -0.1) is 0 Å². The summed E-state index contributed by atoms with van der Waals surface area (Å²) in [5.74, 6) is 0.305. The number of rotatable bonds is 6. The van der Waals surface area contributed by atoms with Crippen molar-refractivity contribution >= 4 is 11.8 Å². The van der Waals surface area contributed by atoms with E-state index in [4.69, 9.17) is 0 Å². The highest BCUT2D eigenvalue weighted by atomic mass is 19.1. The molecular weight excluding hydrogens is 355 g/mol. The minimum absolute atomic E-state index is 0.0162. The minimum Gasteiger partial charge on any atom is -0.352 e. The Morgan fingerprint density at radius 1 is 1.04 bits per heavy atom. The SMILES string of the molecule is Cc1ccc(C(=O)N2CCC(CCC(=O)NCc3ccc(F)cc3)CC2)cc1. The van der Waals surface area contributed by atoms with Crippen molar-refractivity contribution in [2.24, 2.45) is 5.92 Å². The molecule has 0 unspecified atom stereocenters. The predicted octanol–water partition coefficient (Wildman–Crippen LogP) is 4.08.